The summed E-state index contributed by atoms with van der Waals surface area (Å²) in [6.45, 7) is 4.74. The molecule has 0 saturated heterocycles. The van der Waals surface area contributed by atoms with Gasteiger partial charge in [0, 0.05) is 18.7 Å². The van der Waals surface area contributed by atoms with Gasteiger partial charge in [-0.15, -0.1) is 0 Å². The third-order valence-corrected chi connectivity index (χ3v) is 5.08. The van der Waals surface area contributed by atoms with Crippen LogP contribution in [-0.4, -0.2) is 11.8 Å². The van der Waals surface area contributed by atoms with Gasteiger partial charge < -0.3 is 10.2 Å². The molecule has 0 bridgehead atoms. The van der Waals surface area contributed by atoms with Crippen LogP contribution in [0.2, 0.25) is 0 Å². The average Bonchev–Trinajstić information content (AvgIpc) is 2.78. The number of rotatable bonds is 8. The lowest BCUT2D eigenvalue weighted by atomic mass is 10.1. The van der Waals surface area contributed by atoms with Crippen molar-refractivity contribution in [3.8, 4) is 0 Å². The van der Waals surface area contributed by atoms with E-state index in [1.807, 2.05) is 62.4 Å². The Morgan fingerprint density at radius 2 is 1.42 bits per heavy atom. The second-order valence-electron chi connectivity index (χ2n) is 7.57. The van der Waals surface area contributed by atoms with Crippen molar-refractivity contribution in [2.24, 2.45) is 0 Å². The van der Waals surface area contributed by atoms with Crippen LogP contribution in [0.4, 0.5) is 10.1 Å². The molecular formula is C26H27FN2O2. The van der Waals surface area contributed by atoms with E-state index in [9.17, 15) is 14.0 Å². The second kappa shape index (κ2) is 10.5. The summed E-state index contributed by atoms with van der Waals surface area (Å²) in [6.07, 6.45) is 0.653. The van der Waals surface area contributed by atoms with Gasteiger partial charge in [-0.3, -0.25) is 9.59 Å². The number of nitrogens with one attached hydrogen (secondary N) is 1. The van der Waals surface area contributed by atoms with Gasteiger partial charge in [-0.05, 0) is 47.9 Å². The average molecular weight is 419 g/mol. The maximum Gasteiger partial charge on any atom is 0.227 e. The number of carbonyl (C=O) groups excluding carboxylic acids is 2. The van der Waals surface area contributed by atoms with Gasteiger partial charge in [0.1, 0.15) is 5.82 Å². The summed E-state index contributed by atoms with van der Waals surface area (Å²) >= 11 is 0. The van der Waals surface area contributed by atoms with Crippen molar-refractivity contribution >= 4 is 17.5 Å². The maximum atomic E-state index is 13.0. The Kier molecular flexibility index (Phi) is 7.55. The van der Waals surface area contributed by atoms with Crippen LogP contribution < -0.4 is 10.2 Å². The van der Waals surface area contributed by atoms with E-state index < -0.39 is 0 Å². The normalized spacial score (nSPS) is 10.5. The number of hydrogen-bond acceptors (Lipinski definition) is 2. The van der Waals surface area contributed by atoms with E-state index in [4.69, 9.17) is 0 Å². The molecule has 3 aromatic carbocycles. The first-order valence-electron chi connectivity index (χ1n) is 10.4. The summed E-state index contributed by atoms with van der Waals surface area (Å²) in [5, 5.41) is 2.84. The largest absolute Gasteiger partial charge is 0.352 e. The Hall–Kier alpha value is -3.47. The minimum atomic E-state index is -0.298. The number of nitrogens with zero attached hydrogens (tertiary/aromatic N) is 1. The summed E-state index contributed by atoms with van der Waals surface area (Å²) in [6, 6.07) is 21.7. The molecule has 0 aromatic heterocycles. The first-order chi connectivity index (χ1) is 14.9. The van der Waals surface area contributed by atoms with Crippen LogP contribution in [0.15, 0.2) is 72.8 Å². The first kappa shape index (κ1) is 22.2. The molecule has 0 atom stereocenters. The Morgan fingerprint density at radius 1 is 0.839 bits per heavy atom. The van der Waals surface area contributed by atoms with Crippen molar-refractivity contribution in [3.63, 3.8) is 0 Å². The summed E-state index contributed by atoms with van der Waals surface area (Å²) < 4.78 is 13.0. The van der Waals surface area contributed by atoms with Gasteiger partial charge in [-0.1, -0.05) is 61.0 Å². The monoisotopic (exact) mass is 418 g/mol. The standard InChI is InChI=1S/C26H27FN2O2/c1-3-26(31)29(18-22-6-4-19(2)5-7-22)24-14-10-20(11-15-24)16-25(30)28-17-21-8-12-23(27)13-9-21/h4-15H,3,16-18H2,1-2H3,(H,28,30). The van der Waals surface area contributed by atoms with Gasteiger partial charge in [-0.2, -0.15) is 0 Å². The molecule has 4 nitrogen and oxygen atoms in total. The van der Waals surface area contributed by atoms with Crippen LogP contribution >= 0.6 is 0 Å². The van der Waals surface area contributed by atoms with Gasteiger partial charge in [0.2, 0.25) is 11.8 Å². The van der Waals surface area contributed by atoms with Gasteiger partial charge >= 0.3 is 0 Å². The van der Waals surface area contributed by atoms with Gasteiger partial charge in [-0.25, -0.2) is 4.39 Å². The number of halogens is 1. The van der Waals surface area contributed by atoms with Crippen LogP contribution in [0.25, 0.3) is 0 Å². The molecule has 0 heterocycles. The van der Waals surface area contributed by atoms with E-state index in [1.54, 1.807) is 17.0 Å². The van der Waals surface area contributed by atoms with Crippen LogP contribution in [0.1, 0.15) is 35.6 Å². The van der Waals surface area contributed by atoms with Crippen molar-refractivity contribution in [1.29, 1.82) is 0 Å². The van der Waals surface area contributed by atoms with Gasteiger partial charge in [0.05, 0.1) is 13.0 Å². The highest BCUT2D eigenvalue weighted by atomic mass is 19.1. The molecule has 0 aliphatic rings. The number of hydrogen-bond donors (Lipinski definition) is 1. The van der Waals surface area contributed by atoms with E-state index in [1.165, 1.54) is 17.7 Å². The molecular weight excluding hydrogens is 391 g/mol. The van der Waals surface area contributed by atoms with Crippen molar-refractivity contribution in [3.05, 3.63) is 101 Å². The van der Waals surface area contributed by atoms with Crippen LogP contribution in [-0.2, 0) is 29.1 Å². The maximum absolute atomic E-state index is 13.0. The third-order valence-electron chi connectivity index (χ3n) is 5.08. The zero-order valence-corrected chi connectivity index (χ0v) is 17.9. The predicted octanol–water partition coefficient (Wildman–Crippen LogP) is 4.94. The summed E-state index contributed by atoms with van der Waals surface area (Å²) in [7, 11) is 0. The smallest absolute Gasteiger partial charge is 0.227 e. The van der Waals surface area contributed by atoms with Crippen molar-refractivity contribution in [1.82, 2.24) is 5.32 Å². The van der Waals surface area contributed by atoms with Crippen LogP contribution in [0, 0.1) is 12.7 Å². The van der Waals surface area contributed by atoms with E-state index >= 15 is 0 Å². The molecule has 0 aliphatic heterocycles. The lowest BCUT2D eigenvalue weighted by molar-refractivity contribution is -0.120. The molecule has 0 spiro atoms. The van der Waals surface area contributed by atoms with Crippen LogP contribution in [0.3, 0.4) is 0 Å². The fraction of sp³-hybridized carbons (Fsp3) is 0.231. The summed E-state index contributed by atoms with van der Waals surface area (Å²) in [4.78, 5) is 26.5. The second-order valence-corrected chi connectivity index (χ2v) is 7.57. The van der Waals surface area contributed by atoms with Gasteiger partial charge in [0.25, 0.3) is 0 Å². The Labute approximate surface area is 182 Å². The van der Waals surface area contributed by atoms with E-state index in [-0.39, 0.29) is 24.1 Å². The highest BCUT2D eigenvalue weighted by Gasteiger charge is 2.15. The quantitative estimate of drug-likeness (QED) is 0.564. The highest BCUT2D eigenvalue weighted by Crippen LogP contribution is 2.20. The van der Waals surface area contributed by atoms with E-state index in [0.717, 1.165) is 22.4 Å². The van der Waals surface area contributed by atoms with E-state index in [2.05, 4.69) is 5.32 Å². The molecule has 0 fully saturated rings. The van der Waals surface area contributed by atoms with Crippen molar-refractivity contribution in [2.75, 3.05) is 4.90 Å². The zero-order chi connectivity index (χ0) is 22.2. The number of anilines is 1. The topological polar surface area (TPSA) is 49.4 Å². The fourth-order valence-electron chi connectivity index (χ4n) is 3.23. The Morgan fingerprint density at radius 3 is 2.03 bits per heavy atom. The number of aryl methyl sites for hydroxylation is 1. The minimum Gasteiger partial charge on any atom is -0.352 e. The molecule has 1 N–H and O–H groups in total. The predicted molar refractivity (Wildman–Crippen MR) is 121 cm³/mol. The lowest BCUT2D eigenvalue weighted by Gasteiger charge is -2.23. The molecule has 0 unspecified atom stereocenters. The Balaban J connectivity index is 1.62. The molecule has 0 aliphatic carbocycles. The molecule has 3 aromatic rings. The minimum absolute atomic E-state index is 0.0466. The Bertz CT molecular complexity index is 1010. The molecule has 0 saturated carbocycles. The molecule has 3 rings (SSSR count). The molecule has 2 amide bonds. The lowest BCUT2D eigenvalue weighted by Crippen LogP contribution is -2.29. The molecule has 160 valence electrons. The fourth-order valence-corrected chi connectivity index (χ4v) is 3.23. The van der Waals surface area contributed by atoms with E-state index in [0.29, 0.717) is 19.5 Å². The zero-order valence-electron chi connectivity index (χ0n) is 17.9. The number of amides is 2. The summed E-state index contributed by atoms with van der Waals surface area (Å²) in [5.74, 6) is -0.364. The first-order valence-corrected chi connectivity index (χ1v) is 10.4. The molecule has 31 heavy (non-hydrogen) atoms. The number of benzene rings is 3. The molecule has 0 radical (unpaired) electrons. The van der Waals surface area contributed by atoms with Gasteiger partial charge in [0.15, 0.2) is 0 Å². The number of carbonyl (C=O) groups is 2. The highest BCUT2D eigenvalue weighted by molar-refractivity contribution is 5.93. The molecule has 5 heteroatoms. The van der Waals surface area contributed by atoms with Crippen molar-refractivity contribution < 1.29 is 14.0 Å². The SMILES string of the molecule is CCC(=O)N(Cc1ccc(C)cc1)c1ccc(CC(=O)NCc2ccc(F)cc2)cc1. The van der Waals surface area contributed by atoms with Crippen LogP contribution in [0.5, 0.6) is 0 Å². The van der Waals surface area contributed by atoms with Crippen molar-refractivity contribution in [2.45, 2.75) is 39.8 Å². The third kappa shape index (κ3) is 6.51. The summed E-state index contributed by atoms with van der Waals surface area (Å²) in [5.41, 5.74) is 4.76.